The minimum absolute atomic E-state index is 0.0985. The van der Waals surface area contributed by atoms with Crippen molar-refractivity contribution in [3.8, 4) is 0 Å². The summed E-state index contributed by atoms with van der Waals surface area (Å²) in [6.07, 6.45) is -0.659. The Morgan fingerprint density at radius 1 is 1.39 bits per heavy atom. The number of rotatable bonds is 3. The summed E-state index contributed by atoms with van der Waals surface area (Å²) >= 11 is 0. The van der Waals surface area contributed by atoms with Crippen molar-refractivity contribution >= 4 is 22.7 Å². The van der Waals surface area contributed by atoms with Gasteiger partial charge in [0.25, 0.3) is 5.69 Å². The molecule has 0 aliphatic carbocycles. The quantitative estimate of drug-likeness (QED) is 0.638. The SMILES string of the molecule is CN(C)Cc1nn(C(=O)OC(C)(C)C)c2cc([N+](=O)[O-])ccc12. The van der Waals surface area contributed by atoms with Crippen molar-refractivity contribution in [1.29, 1.82) is 0 Å². The van der Waals surface area contributed by atoms with Crippen molar-refractivity contribution in [3.63, 3.8) is 0 Å². The first-order chi connectivity index (χ1) is 10.6. The predicted molar refractivity (Wildman–Crippen MR) is 85.4 cm³/mol. The molecular weight excluding hydrogens is 300 g/mol. The van der Waals surface area contributed by atoms with Gasteiger partial charge in [-0.1, -0.05) is 0 Å². The molecule has 0 amide bonds. The van der Waals surface area contributed by atoms with Gasteiger partial charge in [-0.25, -0.2) is 4.79 Å². The van der Waals surface area contributed by atoms with Gasteiger partial charge in [0.1, 0.15) is 5.60 Å². The Labute approximate surface area is 133 Å². The van der Waals surface area contributed by atoms with E-state index in [-0.39, 0.29) is 5.69 Å². The van der Waals surface area contributed by atoms with Gasteiger partial charge in [-0.3, -0.25) is 10.1 Å². The molecule has 124 valence electrons. The van der Waals surface area contributed by atoms with Crippen LogP contribution >= 0.6 is 0 Å². The normalized spacial score (nSPS) is 11.9. The number of aromatic nitrogens is 2. The molecule has 1 aromatic heterocycles. The fourth-order valence-corrected chi connectivity index (χ4v) is 2.14. The number of carbonyl (C=O) groups is 1. The van der Waals surface area contributed by atoms with Crippen LogP contribution in [-0.2, 0) is 11.3 Å². The Morgan fingerprint density at radius 2 is 2.04 bits per heavy atom. The molecule has 2 rings (SSSR count). The summed E-state index contributed by atoms with van der Waals surface area (Å²) in [5, 5.41) is 16.0. The first-order valence-corrected chi connectivity index (χ1v) is 7.12. The maximum Gasteiger partial charge on any atom is 0.435 e. The molecular formula is C15H20N4O4. The van der Waals surface area contributed by atoms with E-state index in [0.29, 0.717) is 23.1 Å². The summed E-state index contributed by atoms with van der Waals surface area (Å²) in [5.74, 6) is 0. The largest absolute Gasteiger partial charge is 0.442 e. The lowest BCUT2D eigenvalue weighted by atomic mass is 10.2. The van der Waals surface area contributed by atoms with Gasteiger partial charge in [0.2, 0.25) is 0 Å². The van der Waals surface area contributed by atoms with E-state index in [1.807, 2.05) is 19.0 Å². The highest BCUT2D eigenvalue weighted by Crippen LogP contribution is 2.25. The smallest absolute Gasteiger partial charge is 0.435 e. The van der Waals surface area contributed by atoms with E-state index in [4.69, 9.17) is 4.74 Å². The Hall–Kier alpha value is -2.48. The number of carbonyl (C=O) groups excluding carboxylic acids is 1. The molecule has 0 radical (unpaired) electrons. The summed E-state index contributed by atoms with van der Waals surface area (Å²) in [6, 6.07) is 4.36. The van der Waals surface area contributed by atoms with E-state index in [1.165, 1.54) is 12.1 Å². The van der Waals surface area contributed by atoms with Crippen LogP contribution in [0.25, 0.3) is 10.9 Å². The van der Waals surface area contributed by atoms with Crippen molar-refractivity contribution < 1.29 is 14.5 Å². The minimum atomic E-state index is -0.683. The van der Waals surface area contributed by atoms with Gasteiger partial charge in [-0.05, 0) is 40.9 Å². The number of nitrogens with zero attached hydrogens (tertiary/aromatic N) is 4. The molecule has 8 nitrogen and oxygen atoms in total. The Balaban J connectivity index is 2.59. The molecule has 0 spiro atoms. The van der Waals surface area contributed by atoms with Gasteiger partial charge in [0.15, 0.2) is 0 Å². The average molecular weight is 320 g/mol. The molecule has 1 heterocycles. The van der Waals surface area contributed by atoms with Gasteiger partial charge < -0.3 is 9.64 Å². The molecule has 23 heavy (non-hydrogen) atoms. The Kier molecular flexibility index (Phi) is 4.37. The topological polar surface area (TPSA) is 90.5 Å². The zero-order chi connectivity index (χ0) is 17.4. The Bertz CT molecular complexity index is 759. The third kappa shape index (κ3) is 3.84. The van der Waals surface area contributed by atoms with Crippen LogP contribution in [0.4, 0.5) is 10.5 Å². The van der Waals surface area contributed by atoms with E-state index in [9.17, 15) is 14.9 Å². The van der Waals surface area contributed by atoms with E-state index in [1.54, 1.807) is 26.8 Å². The van der Waals surface area contributed by atoms with E-state index >= 15 is 0 Å². The van der Waals surface area contributed by atoms with Gasteiger partial charge >= 0.3 is 6.09 Å². The molecule has 0 aliphatic rings. The van der Waals surface area contributed by atoms with Gasteiger partial charge in [0.05, 0.1) is 16.1 Å². The van der Waals surface area contributed by atoms with Crippen molar-refractivity contribution in [2.75, 3.05) is 14.1 Å². The van der Waals surface area contributed by atoms with E-state index in [2.05, 4.69) is 5.10 Å². The summed E-state index contributed by atoms with van der Waals surface area (Å²) in [4.78, 5) is 24.7. The van der Waals surface area contributed by atoms with Crippen LogP contribution in [0, 0.1) is 10.1 Å². The lowest BCUT2D eigenvalue weighted by Gasteiger charge is -2.19. The summed E-state index contributed by atoms with van der Waals surface area (Å²) in [5.41, 5.74) is 0.243. The number of ether oxygens (including phenoxy) is 1. The highest BCUT2D eigenvalue weighted by molar-refractivity contribution is 5.91. The van der Waals surface area contributed by atoms with Crippen molar-refractivity contribution in [3.05, 3.63) is 34.0 Å². The fourth-order valence-electron chi connectivity index (χ4n) is 2.14. The van der Waals surface area contributed by atoms with Crippen LogP contribution in [0.5, 0.6) is 0 Å². The molecule has 0 aliphatic heterocycles. The molecule has 0 atom stereocenters. The summed E-state index contributed by atoms with van der Waals surface area (Å²) < 4.78 is 6.42. The van der Waals surface area contributed by atoms with Crippen LogP contribution in [0.3, 0.4) is 0 Å². The van der Waals surface area contributed by atoms with Crippen LogP contribution < -0.4 is 0 Å². The second-order valence-corrected chi connectivity index (χ2v) is 6.54. The predicted octanol–water partition coefficient (Wildman–Crippen LogP) is 2.79. The zero-order valence-corrected chi connectivity index (χ0v) is 13.9. The number of fused-ring (bicyclic) bond motifs is 1. The molecule has 0 saturated heterocycles. The lowest BCUT2D eigenvalue weighted by Crippen LogP contribution is -2.27. The fraction of sp³-hybridized carbons (Fsp3) is 0.467. The number of non-ortho nitro benzene ring substituents is 1. The molecule has 0 unspecified atom stereocenters. The van der Waals surface area contributed by atoms with Crippen LogP contribution in [0.2, 0.25) is 0 Å². The third-order valence-corrected chi connectivity index (χ3v) is 2.98. The number of hydrogen-bond acceptors (Lipinski definition) is 6. The molecule has 0 bridgehead atoms. The van der Waals surface area contributed by atoms with Gasteiger partial charge in [0, 0.05) is 24.1 Å². The number of nitro benzene ring substituents is 1. The molecule has 0 N–H and O–H groups in total. The highest BCUT2D eigenvalue weighted by atomic mass is 16.6. The van der Waals surface area contributed by atoms with Crippen LogP contribution in [0.1, 0.15) is 26.5 Å². The molecule has 1 aromatic carbocycles. The van der Waals surface area contributed by atoms with E-state index < -0.39 is 16.6 Å². The highest BCUT2D eigenvalue weighted by Gasteiger charge is 2.23. The van der Waals surface area contributed by atoms with E-state index in [0.717, 1.165) is 4.68 Å². The maximum absolute atomic E-state index is 12.3. The average Bonchev–Trinajstić information content (AvgIpc) is 2.74. The number of hydrogen-bond donors (Lipinski definition) is 0. The molecule has 0 fully saturated rings. The third-order valence-electron chi connectivity index (χ3n) is 2.98. The van der Waals surface area contributed by atoms with Crippen LogP contribution in [-0.4, -0.2) is 45.4 Å². The second-order valence-electron chi connectivity index (χ2n) is 6.54. The van der Waals surface area contributed by atoms with Gasteiger partial charge in [-0.15, -0.1) is 0 Å². The zero-order valence-electron chi connectivity index (χ0n) is 13.9. The van der Waals surface area contributed by atoms with Crippen molar-refractivity contribution in [2.24, 2.45) is 0 Å². The molecule has 2 aromatic rings. The molecule has 0 saturated carbocycles. The van der Waals surface area contributed by atoms with Crippen molar-refractivity contribution in [2.45, 2.75) is 32.9 Å². The first kappa shape index (κ1) is 16.9. The summed E-state index contributed by atoms with van der Waals surface area (Å²) in [7, 11) is 3.76. The first-order valence-electron chi connectivity index (χ1n) is 7.12. The lowest BCUT2D eigenvalue weighted by molar-refractivity contribution is -0.384. The van der Waals surface area contributed by atoms with Gasteiger partial charge in [-0.2, -0.15) is 9.78 Å². The maximum atomic E-state index is 12.3. The molecule has 8 heteroatoms. The van der Waals surface area contributed by atoms with Crippen LogP contribution in [0.15, 0.2) is 18.2 Å². The number of benzene rings is 1. The minimum Gasteiger partial charge on any atom is -0.442 e. The Morgan fingerprint density at radius 3 is 2.57 bits per heavy atom. The summed E-state index contributed by atoms with van der Waals surface area (Å²) in [6.45, 7) is 5.75. The monoisotopic (exact) mass is 320 g/mol. The second kappa shape index (κ2) is 5.96. The standard InChI is InChI=1S/C15H20N4O4/c1-15(2,3)23-14(20)18-13-8-10(19(21)22)6-7-11(13)12(16-18)9-17(4)5/h6-8H,9H2,1-5H3. The van der Waals surface area contributed by atoms with Crippen molar-refractivity contribution in [1.82, 2.24) is 14.7 Å². The number of nitro groups is 1.